The van der Waals surface area contributed by atoms with Crippen LogP contribution in [0, 0.1) is 5.92 Å². The molecular weight excluding hydrogens is 266 g/mol. The van der Waals surface area contributed by atoms with Gasteiger partial charge in [-0.05, 0) is 26.2 Å². The standard InChI is InChI=1S/C17H33NO3/c1-6-8-9-10-11-12-15(19)18-16(14(5)7-2)17(20)21-13(3)4/h13-14,16H,6-12H2,1-5H3,(H,18,19)/t14-,16-/m0/s1. The highest BCUT2D eigenvalue weighted by Gasteiger charge is 2.27. The summed E-state index contributed by atoms with van der Waals surface area (Å²) in [7, 11) is 0. The first-order chi connectivity index (χ1) is 9.92. The third-order valence-corrected chi connectivity index (χ3v) is 3.64. The predicted molar refractivity (Wildman–Crippen MR) is 86.0 cm³/mol. The first-order valence-corrected chi connectivity index (χ1v) is 8.42. The van der Waals surface area contributed by atoms with Crippen molar-refractivity contribution in [2.75, 3.05) is 0 Å². The first kappa shape index (κ1) is 19.9. The van der Waals surface area contributed by atoms with E-state index in [1.165, 1.54) is 19.3 Å². The van der Waals surface area contributed by atoms with Crippen LogP contribution in [-0.2, 0) is 14.3 Å². The summed E-state index contributed by atoms with van der Waals surface area (Å²) < 4.78 is 5.24. The Bertz CT molecular complexity index is 302. The minimum atomic E-state index is -0.527. The second-order valence-corrected chi connectivity index (χ2v) is 6.08. The van der Waals surface area contributed by atoms with Gasteiger partial charge in [0.05, 0.1) is 6.10 Å². The minimum absolute atomic E-state index is 0.0440. The second-order valence-electron chi connectivity index (χ2n) is 6.08. The number of carbonyl (C=O) groups excluding carboxylic acids is 2. The molecule has 0 heterocycles. The van der Waals surface area contributed by atoms with Gasteiger partial charge in [-0.2, -0.15) is 0 Å². The predicted octanol–water partition coefficient (Wildman–Crippen LogP) is 3.83. The number of hydrogen-bond donors (Lipinski definition) is 1. The quantitative estimate of drug-likeness (QED) is 0.466. The van der Waals surface area contributed by atoms with Gasteiger partial charge in [-0.3, -0.25) is 4.79 Å². The molecule has 1 N–H and O–H groups in total. The highest BCUT2D eigenvalue weighted by atomic mass is 16.5. The molecule has 0 saturated carbocycles. The van der Waals surface area contributed by atoms with Gasteiger partial charge in [-0.15, -0.1) is 0 Å². The molecule has 0 aromatic rings. The number of hydrogen-bond acceptors (Lipinski definition) is 3. The van der Waals surface area contributed by atoms with Gasteiger partial charge in [0.25, 0.3) is 0 Å². The molecule has 0 aliphatic heterocycles. The highest BCUT2D eigenvalue weighted by molar-refractivity contribution is 5.84. The number of rotatable bonds is 11. The summed E-state index contributed by atoms with van der Waals surface area (Å²) in [6, 6.07) is -0.527. The third kappa shape index (κ3) is 9.48. The van der Waals surface area contributed by atoms with Crippen LogP contribution >= 0.6 is 0 Å². The Hall–Kier alpha value is -1.06. The van der Waals surface area contributed by atoms with E-state index in [1.807, 2.05) is 27.7 Å². The monoisotopic (exact) mass is 299 g/mol. The highest BCUT2D eigenvalue weighted by Crippen LogP contribution is 2.12. The van der Waals surface area contributed by atoms with Gasteiger partial charge in [-0.25, -0.2) is 4.79 Å². The Labute approximate surface area is 130 Å². The summed E-state index contributed by atoms with van der Waals surface area (Å²) >= 11 is 0. The lowest BCUT2D eigenvalue weighted by Crippen LogP contribution is -2.46. The molecule has 124 valence electrons. The molecule has 0 aromatic carbocycles. The van der Waals surface area contributed by atoms with Crippen LogP contribution in [0.3, 0.4) is 0 Å². The average Bonchev–Trinajstić information content (AvgIpc) is 2.42. The van der Waals surface area contributed by atoms with Gasteiger partial charge in [-0.1, -0.05) is 52.9 Å². The van der Waals surface area contributed by atoms with Crippen molar-refractivity contribution in [3.05, 3.63) is 0 Å². The Morgan fingerprint density at radius 3 is 2.14 bits per heavy atom. The SMILES string of the molecule is CCCCCCCC(=O)N[C@H](C(=O)OC(C)C)[C@@H](C)CC. The summed E-state index contributed by atoms with van der Waals surface area (Å²) in [5.74, 6) is -0.281. The normalized spacial score (nSPS) is 13.8. The van der Waals surface area contributed by atoms with Gasteiger partial charge < -0.3 is 10.1 Å². The lowest BCUT2D eigenvalue weighted by molar-refractivity contribution is -0.153. The lowest BCUT2D eigenvalue weighted by Gasteiger charge is -2.23. The fourth-order valence-corrected chi connectivity index (χ4v) is 2.11. The van der Waals surface area contributed by atoms with Crippen molar-refractivity contribution >= 4 is 11.9 Å². The number of nitrogens with one attached hydrogen (secondary N) is 1. The molecule has 4 heteroatoms. The zero-order valence-corrected chi connectivity index (χ0v) is 14.4. The molecule has 0 bridgehead atoms. The molecule has 0 unspecified atom stereocenters. The van der Waals surface area contributed by atoms with Crippen molar-refractivity contribution in [1.82, 2.24) is 5.32 Å². The first-order valence-electron chi connectivity index (χ1n) is 8.42. The summed E-state index contributed by atoms with van der Waals surface area (Å²) in [4.78, 5) is 24.0. The number of ether oxygens (including phenoxy) is 1. The summed E-state index contributed by atoms with van der Waals surface area (Å²) in [5.41, 5.74) is 0. The van der Waals surface area contributed by atoms with Crippen LogP contribution in [-0.4, -0.2) is 24.0 Å². The van der Waals surface area contributed by atoms with Crippen molar-refractivity contribution in [2.24, 2.45) is 5.92 Å². The summed E-state index contributed by atoms with van der Waals surface area (Å²) in [5, 5.41) is 2.85. The Morgan fingerprint density at radius 2 is 1.62 bits per heavy atom. The van der Waals surface area contributed by atoms with Gasteiger partial charge in [0, 0.05) is 6.42 Å². The second kappa shape index (κ2) is 11.6. The fraction of sp³-hybridized carbons (Fsp3) is 0.882. The van der Waals surface area contributed by atoms with Crippen LogP contribution in [0.2, 0.25) is 0 Å². The van der Waals surface area contributed by atoms with Crippen LogP contribution in [0.4, 0.5) is 0 Å². The molecule has 2 atom stereocenters. The zero-order valence-electron chi connectivity index (χ0n) is 14.4. The smallest absolute Gasteiger partial charge is 0.329 e. The molecule has 4 nitrogen and oxygen atoms in total. The molecule has 0 fully saturated rings. The van der Waals surface area contributed by atoms with E-state index in [2.05, 4.69) is 12.2 Å². The maximum absolute atomic E-state index is 12.1. The summed E-state index contributed by atoms with van der Waals surface area (Å²) in [6.45, 7) is 9.79. The Morgan fingerprint density at radius 1 is 1.00 bits per heavy atom. The van der Waals surface area contributed by atoms with Crippen molar-refractivity contribution in [3.63, 3.8) is 0 Å². The molecular formula is C17H33NO3. The van der Waals surface area contributed by atoms with Gasteiger partial charge >= 0.3 is 5.97 Å². The Kier molecular flexibility index (Phi) is 11.0. The summed E-state index contributed by atoms with van der Waals surface area (Å²) in [6.07, 6.45) is 6.72. The van der Waals surface area contributed by atoms with E-state index < -0.39 is 6.04 Å². The van der Waals surface area contributed by atoms with E-state index in [1.54, 1.807) is 0 Å². The van der Waals surface area contributed by atoms with Crippen LogP contribution in [0.5, 0.6) is 0 Å². The number of amides is 1. The molecule has 0 saturated heterocycles. The maximum atomic E-state index is 12.1. The molecule has 0 aliphatic rings. The molecule has 0 aromatic heterocycles. The van der Waals surface area contributed by atoms with Crippen LogP contribution in [0.1, 0.15) is 79.6 Å². The minimum Gasteiger partial charge on any atom is -0.461 e. The fourth-order valence-electron chi connectivity index (χ4n) is 2.11. The van der Waals surface area contributed by atoms with Crippen molar-refractivity contribution in [3.8, 4) is 0 Å². The average molecular weight is 299 g/mol. The van der Waals surface area contributed by atoms with Crippen LogP contribution < -0.4 is 5.32 Å². The Balaban J connectivity index is 4.27. The molecule has 0 rings (SSSR count). The van der Waals surface area contributed by atoms with Gasteiger partial charge in [0.2, 0.25) is 5.91 Å². The lowest BCUT2D eigenvalue weighted by atomic mass is 9.99. The zero-order chi connectivity index (χ0) is 16.3. The van der Waals surface area contributed by atoms with E-state index in [0.29, 0.717) is 6.42 Å². The number of unbranched alkanes of at least 4 members (excludes halogenated alkanes) is 4. The number of esters is 1. The maximum Gasteiger partial charge on any atom is 0.329 e. The molecule has 21 heavy (non-hydrogen) atoms. The van der Waals surface area contributed by atoms with Gasteiger partial charge in [0.15, 0.2) is 0 Å². The van der Waals surface area contributed by atoms with Crippen molar-refractivity contribution < 1.29 is 14.3 Å². The van der Waals surface area contributed by atoms with Gasteiger partial charge in [0.1, 0.15) is 6.04 Å². The van der Waals surface area contributed by atoms with E-state index in [4.69, 9.17) is 4.74 Å². The van der Waals surface area contributed by atoms with E-state index in [-0.39, 0.29) is 23.9 Å². The van der Waals surface area contributed by atoms with Crippen molar-refractivity contribution in [2.45, 2.75) is 91.7 Å². The van der Waals surface area contributed by atoms with E-state index >= 15 is 0 Å². The molecule has 0 radical (unpaired) electrons. The van der Waals surface area contributed by atoms with Crippen LogP contribution in [0.15, 0.2) is 0 Å². The van der Waals surface area contributed by atoms with E-state index in [0.717, 1.165) is 19.3 Å². The van der Waals surface area contributed by atoms with Crippen molar-refractivity contribution in [1.29, 1.82) is 0 Å². The molecule has 0 aliphatic carbocycles. The molecule has 0 spiro atoms. The largest absolute Gasteiger partial charge is 0.461 e. The number of carbonyl (C=O) groups is 2. The third-order valence-electron chi connectivity index (χ3n) is 3.64. The topological polar surface area (TPSA) is 55.4 Å². The molecule has 1 amide bonds. The van der Waals surface area contributed by atoms with Crippen LogP contribution in [0.25, 0.3) is 0 Å². The van der Waals surface area contributed by atoms with E-state index in [9.17, 15) is 9.59 Å².